The summed E-state index contributed by atoms with van der Waals surface area (Å²) in [5, 5.41) is 9.72. The smallest absolute Gasteiger partial charge is 0.161 e. The van der Waals surface area contributed by atoms with Crippen LogP contribution >= 0.6 is 0 Å². The molecule has 0 atom stereocenters. The highest BCUT2D eigenvalue weighted by molar-refractivity contribution is 5.84. The van der Waals surface area contributed by atoms with Crippen LogP contribution in [0.2, 0.25) is 0 Å². The van der Waals surface area contributed by atoms with Crippen molar-refractivity contribution in [3.05, 3.63) is 0 Å². The maximum atomic E-state index is 11.0. The number of ketones is 1. The van der Waals surface area contributed by atoms with Crippen molar-refractivity contribution < 1.29 is 9.90 Å². The zero-order valence-electron chi connectivity index (χ0n) is 7.26. The van der Waals surface area contributed by atoms with E-state index in [1.54, 1.807) is 0 Å². The van der Waals surface area contributed by atoms with Gasteiger partial charge in [0.2, 0.25) is 0 Å². The van der Waals surface area contributed by atoms with Crippen molar-refractivity contribution >= 4 is 5.78 Å². The van der Waals surface area contributed by atoms with Crippen molar-refractivity contribution in [2.45, 2.75) is 45.1 Å². The monoisotopic (exact) mass is 156 g/mol. The van der Waals surface area contributed by atoms with Gasteiger partial charge in [0.15, 0.2) is 5.78 Å². The van der Waals surface area contributed by atoms with Crippen molar-refractivity contribution in [1.82, 2.24) is 0 Å². The van der Waals surface area contributed by atoms with Crippen molar-refractivity contribution in [3.63, 3.8) is 0 Å². The predicted octanol–water partition coefficient (Wildman–Crippen LogP) is 1.52. The highest BCUT2D eigenvalue weighted by atomic mass is 16.3. The minimum absolute atomic E-state index is 0.0654. The molecule has 0 aromatic rings. The van der Waals surface area contributed by atoms with Crippen molar-refractivity contribution in [3.8, 4) is 0 Å². The molecule has 0 amide bonds. The largest absolute Gasteiger partial charge is 0.382 e. The fraction of sp³-hybridized carbons (Fsp3) is 0.889. The van der Waals surface area contributed by atoms with Crippen LogP contribution in [0, 0.1) is 5.92 Å². The summed E-state index contributed by atoms with van der Waals surface area (Å²) in [7, 11) is 0. The van der Waals surface area contributed by atoms with Gasteiger partial charge in [-0.15, -0.1) is 0 Å². The van der Waals surface area contributed by atoms with Gasteiger partial charge in [-0.3, -0.25) is 4.79 Å². The van der Waals surface area contributed by atoms with Gasteiger partial charge in [-0.05, 0) is 38.5 Å². The summed E-state index contributed by atoms with van der Waals surface area (Å²) in [5.41, 5.74) is -0.980. The average Bonchev–Trinajstić information content (AvgIpc) is 1.95. The molecule has 2 nitrogen and oxygen atoms in total. The lowest BCUT2D eigenvalue weighted by Gasteiger charge is -2.32. The summed E-state index contributed by atoms with van der Waals surface area (Å²) in [6.45, 7) is 3.65. The number of rotatable bonds is 1. The molecule has 0 heterocycles. The van der Waals surface area contributed by atoms with Crippen LogP contribution in [-0.4, -0.2) is 16.5 Å². The van der Waals surface area contributed by atoms with Crippen LogP contribution in [0.5, 0.6) is 0 Å². The Kier molecular flexibility index (Phi) is 2.33. The Labute approximate surface area is 67.6 Å². The predicted molar refractivity (Wildman–Crippen MR) is 43.3 cm³/mol. The molecule has 0 aromatic carbocycles. The molecule has 0 radical (unpaired) electrons. The van der Waals surface area contributed by atoms with E-state index in [4.69, 9.17) is 0 Å². The lowest BCUT2D eigenvalue weighted by atomic mass is 9.78. The first-order chi connectivity index (χ1) is 5.04. The van der Waals surface area contributed by atoms with Crippen LogP contribution in [-0.2, 0) is 4.79 Å². The van der Waals surface area contributed by atoms with Crippen molar-refractivity contribution in [1.29, 1.82) is 0 Å². The number of Topliss-reactive ketones (excluding diaryl/α,β-unsaturated/α-hetero) is 1. The topological polar surface area (TPSA) is 37.3 Å². The molecule has 1 aliphatic carbocycles. The molecule has 0 aliphatic heterocycles. The van der Waals surface area contributed by atoms with E-state index in [2.05, 4.69) is 6.92 Å². The molecule has 64 valence electrons. The number of carbonyl (C=O) groups is 1. The third kappa shape index (κ3) is 1.80. The third-order valence-corrected chi connectivity index (χ3v) is 2.76. The fourth-order valence-electron chi connectivity index (χ4n) is 1.59. The lowest BCUT2D eigenvalue weighted by Crippen LogP contribution is -2.40. The second-order valence-corrected chi connectivity index (χ2v) is 3.77. The second-order valence-electron chi connectivity index (χ2n) is 3.77. The van der Waals surface area contributed by atoms with E-state index in [-0.39, 0.29) is 5.78 Å². The van der Waals surface area contributed by atoms with E-state index in [1.807, 2.05) is 0 Å². The Balaban J connectivity index is 2.55. The molecule has 2 heteroatoms. The fourth-order valence-corrected chi connectivity index (χ4v) is 1.59. The SMILES string of the molecule is CC(=O)[C@]1(O)CC[C@@H](C)CC1. The zero-order chi connectivity index (χ0) is 8.48. The molecule has 1 fully saturated rings. The first kappa shape index (κ1) is 8.72. The van der Waals surface area contributed by atoms with Crippen LogP contribution in [0.15, 0.2) is 0 Å². The summed E-state index contributed by atoms with van der Waals surface area (Å²) in [4.78, 5) is 11.0. The second kappa shape index (κ2) is 2.94. The summed E-state index contributed by atoms with van der Waals surface area (Å²) in [6.07, 6.45) is 3.28. The van der Waals surface area contributed by atoms with Gasteiger partial charge in [0, 0.05) is 0 Å². The molecule has 0 bridgehead atoms. The molecule has 11 heavy (non-hydrogen) atoms. The maximum absolute atomic E-state index is 11.0. The van der Waals surface area contributed by atoms with E-state index in [1.165, 1.54) is 6.92 Å². The summed E-state index contributed by atoms with van der Waals surface area (Å²) < 4.78 is 0. The molecule has 1 aliphatic rings. The van der Waals surface area contributed by atoms with Gasteiger partial charge in [-0.25, -0.2) is 0 Å². The Hall–Kier alpha value is -0.370. The molecule has 1 N–H and O–H groups in total. The molecular formula is C9H16O2. The highest BCUT2D eigenvalue weighted by Gasteiger charge is 2.35. The van der Waals surface area contributed by atoms with Gasteiger partial charge in [-0.1, -0.05) is 6.92 Å². The van der Waals surface area contributed by atoms with Gasteiger partial charge in [0.05, 0.1) is 0 Å². The van der Waals surface area contributed by atoms with E-state index in [0.717, 1.165) is 12.8 Å². The van der Waals surface area contributed by atoms with Gasteiger partial charge in [0.1, 0.15) is 5.60 Å². The number of carbonyl (C=O) groups excluding carboxylic acids is 1. The molecule has 0 aromatic heterocycles. The van der Waals surface area contributed by atoms with Crippen LogP contribution in [0.1, 0.15) is 39.5 Å². The minimum atomic E-state index is -0.980. The van der Waals surface area contributed by atoms with Crippen molar-refractivity contribution in [2.75, 3.05) is 0 Å². The zero-order valence-corrected chi connectivity index (χ0v) is 7.26. The van der Waals surface area contributed by atoms with Crippen LogP contribution in [0.4, 0.5) is 0 Å². The Bertz CT molecular complexity index is 155. The number of hydrogen-bond donors (Lipinski definition) is 1. The average molecular weight is 156 g/mol. The Morgan fingerprint density at radius 3 is 2.27 bits per heavy atom. The minimum Gasteiger partial charge on any atom is -0.382 e. The summed E-state index contributed by atoms with van der Waals surface area (Å²) >= 11 is 0. The number of aliphatic hydroxyl groups is 1. The standard InChI is InChI=1S/C9H16O2/c1-7-3-5-9(11,6-4-7)8(2)10/h7,11H,3-6H2,1-2H3/t7-,9+. The molecule has 1 rings (SSSR count). The molecule has 0 unspecified atom stereocenters. The molecule has 0 saturated heterocycles. The van der Waals surface area contributed by atoms with Gasteiger partial charge in [0.25, 0.3) is 0 Å². The first-order valence-electron chi connectivity index (χ1n) is 4.28. The molecular weight excluding hydrogens is 140 g/mol. The van der Waals surface area contributed by atoms with Gasteiger partial charge < -0.3 is 5.11 Å². The van der Waals surface area contributed by atoms with E-state index < -0.39 is 5.60 Å². The summed E-state index contributed by atoms with van der Waals surface area (Å²) in [6, 6.07) is 0. The highest BCUT2D eigenvalue weighted by Crippen LogP contribution is 2.32. The van der Waals surface area contributed by atoms with E-state index in [9.17, 15) is 9.90 Å². The van der Waals surface area contributed by atoms with Crippen LogP contribution < -0.4 is 0 Å². The number of hydrogen-bond acceptors (Lipinski definition) is 2. The summed E-state index contributed by atoms with van der Waals surface area (Å²) in [5.74, 6) is 0.610. The molecule has 1 saturated carbocycles. The lowest BCUT2D eigenvalue weighted by molar-refractivity contribution is -0.139. The maximum Gasteiger partial charge on any atom is 0.161 e. The van der Waals surface area contributed by atoms with Crippen LogP contribution in [0.3, 0.4) is 0 Å². The Morgan fingerprint density at radius 2 is 1.91 bits per heavy atom. The Morgan fingerprint density at radius 1 is 1.45 bits per heavy atom. The molecule has 0 spiro atoms. The first-order valence-corrected chi connectivity index (χ1v) is 4.28. The van der Waals surface area contributed by atoms with E-state index >= 15 is 0 Å². The third-order valence-electron chi connectivity index (χ3n) is 2.76. The van der Waals surface area contributed by atoms with E-state index in [0.29, 0.717) is 18.8 Å². The normalized spacial score (nSPS) is 38.6. The quantitative estimate of drug-likeness (QED) is 0.625. The van der Waals surface area contributed by atoms with Gasteiger partial charge in [-0.2, -0.15) is 0 Å². The van der Waals surface area contributed by atoms with Crippen LogP contribution in [0.25, 0.3) is 0 Å². The van der Waals surface area contributed by atoms with Crippen molar-refractivity contribution in [2.24, 2.45) is 5.92 Å². The van der Waals surface area contributed by atoms with Gasteiger partial charge >= 0.3 is 0 Å².